The number of hydrogen-bond donors (Lipinski definition) is 1. The van der Waals surface area contributed by atoms with Crippen molar-refractivity contribution in [1.82, 2.24) is 15.5 Å². The van der Waals surface area contributed by atoms with Crippen molar-refractivity contribution < 1.29 is 14.0 Å². The highest BCUT2D eigenvalue weighted by atomic mass is 35.5. The lowest BCUT2D eigenvalue weighted by molar-refractivity contribution is 0.266. The molecule has 0 aliphatic carbocycles. The van der Waals surface area contributed by atoms with Crippen LogP contribution in [0.4, 0.5) is 0 Å². The van der Waals surface area contributed by atoms with E-state index in [1.165, 1.54) is 0 Å². The topological polar surface area (TPSA) is 69.4 Å². The third-order valence-electron chi connectivity index (χ3n) is 2.60. The number of hydrogen-bond acceptors (Lipinski definition) is 6. The molecule has 2 aromatic rings. The van der Waals surface area contributed by atoms with Gasteiger partial charge in [0.1, 0.15) is 0 Å². The lowest BCUT2D eigenvalue weighted by Gasteiger charge is -2.14. The molecule has 6 nitrogen and oxygen atoms in total. The minimum Gasteiger partial charge on any atom is -0.493 e. The van der Waals surface area contributed by atoms with Crippen LogP contribution in [-0.2, 0) is 13.2 Å². The molecule has 0 saturated carbocycles. The summed E-state index contributed by atoms with van der Waals surface area (Å²) in [6, 6.07) is 3.54. The molecule has 0 radical (unpaired) electrons. The summed E-state index contributed by atoms with van der Waals surface area (Å²) in [7, 11) is 3.42. The van der Waals surface area contributed by atoms with Crippen LogP contribution in [0.3, 0.4) is 0 Å². The predicted octanol–water partition coefficient (Wildman–Crippen LogP) is 2.34. The number of aryl methyl sites for hydroxylation is 1. The number of ether oxygens (including phenoxy) is 2. The molecule has 0 amide bonds. The molecule has 0 aliphatic rings. The second kappa shape index (κ2) is 6.58. The molecule has 0 atom stereocenters. The van der Waals surface area contributed by atoms with E-state index in [0.717, 1.165) is 5.56 Å². The Kier molecular flexibility index (Phi) is 4.81. The Bertz CT molecular complexity index is 586. The fourth-order valence-electron chi connectivity index (χ4n) is 1.80. The zero-order valence-corrected chi connectivity index (χ0v) is 12.3. The van der Waals surface area contributed by atoms with E-state index in [-0.39, 0.29) is 6.61 Å². The van der Waals surface area contributed by atoms with Gasteiger partial charge in [0.15, 0.2) is 18.1 Å². The van der Waals surface area contributed by atoms with E-state index < -0.39 is 0 Å². The molecule has 1 heterocycles. The van der Waals surface area contributed by atoms with Crippen LogP contribution in [0.1, 0.15) is 17.3 Å². The summed E-state index contributed by atoms with van der Waals surface area (Å²) < 4.78 is 16.0. The van der Waals surface area contributed by atoms with Gasteiger partial charge in [-0.05, 0) is 13.1 Å². The molecule has 0 saturated heterocycles. The third-order valence-corrected chi connectivity index (χ3v) is 2.82. The van der Waals surface area contributed by atoms with Gasteiger partial charge in [0.25, 0.3) is 0 Å². The number of rotatable bonds is 6. The molecular formula is C13H16ClN3O3. The van der Waals surface area contributed by atoms with Gasteiger partial charge in [-0.25, -0.2) is 0 Å². The van der Waals surface area contributed by atoms with Gasteiger partial charge in [0.2, 0.25) is 11.7 Å². The van der Waals surface area contributed by atoms with E-state index in [2.05, 4.69) is 15.5 Å². The van der Waals surface area contributed by atoms with Gasteiger partial charge in [-0.3, -0.25) is 0 Å². The van der Waals surface area contributed by atoms with Crippen molar-refractivity contribution >= 4 is 11.6 Å². The summed E-state index contributed by atoms with van der Waals surface area (Å²) in [4.78, 5) is 4.09. The molecule has 0 unspecified atom stereocenters. The van der Waals surface area contributed by atoms with Crippen LogP contribution in [0.5, 0.6) is 11.5 Å². The minimum absolute atomic E-state index is 0.200. The number of benzene rings is 1. The first-order valence-electron chi connectivity index (χ1n) is 6.07. The number of nitrogens with zero attached hydrogens (tertiary/aromatic N) is 2. The van der Waals surface area contributed by atoms with Crippen molar-refractivity contribution in [3.8, 4) is 11.5 Å². The van der Waals surface area contributed by atoms with E-state index >= 15 is 0 Å². The quantitative estimate of drug-likeness (QED) is 0.882. The smallest absolute Gasteiger partial charge is 0.223 e. The summed E-state index contributed by atoms with van der Waals surface area (Å²) in [6.45, 7) is 2.54. The Morgan fingerprint density at radius 1 is 1.40 bits per heavy atom. The zero-order valence-electron chi connectivity index (χ0n) is 11.6. The highest BCUT2D eigenvalue weighted by molar-refractivity contribution is 6.30. The molecule has 7 heteroatoms. The van der Waals surface area contributed by atoms with Gasteiger partial charge in [0.05, 0.1) is 7.11 Å². The molecule has 1 N–H and O–H groups in total. The first-order chi connectivity index (χ1) is 9.63. The molecular weight excluding hydrogens is 282 g/mol. The lowest BCUT2D eigenvalue weighted by Crippen LogP contribution is -2.09. The van der Waals surface area contributed by atoms with Crippen LogP contribution in [0.2, 0.25) is 5.02 Å². The van der Waals surface area contributed by atoms with Crippen molar-refractivity contribution in [2.75, 3.05) is 14.2 Å². The van der Waals surface area contributed by atoms with Crippen LogP contribution in [0.15, 0.2) is 16.7 Å². The zero-order chi connectivity index (χ0) is 14.5. The molecule has 0 spiro atoms. The van der Waals surface area contributed by atoms with E-state index in [1.54, 1.807) is 20.1 Å². The van der Waals surface area contributed by atoms with Gasteiger partial charge in [-0.2, -0.15) is 4.98 Å². The Hall–Kier alpha value is -1.79. The highest BCUT2D eigenvalue weighted by Crippen LogP contribution is 2.35. The fourth-order valence-corrected chi connectivity index (χ4v) is 2.03. The van der Waals surface area contributed by atoms with E-state index in [0.29, 0.717) is 34.8 Å². The average Bonchev–Trinajstić information content (AvgIpc) is 2.83. The molecule has 1 aromatic heterocycles. The van der Waals surface area contributed by atoms with Crippen LogP contribution < -0.4 is 14.8 Å². The lowest BCUT2D eigenvalue weighted by atomic mass is 10.2. The monoisotopic (exact) mass is 297 g/mol. The molecule has 1 aromatic carbocycles. The van der Waals surface area contributed by atoms with Crippen LogP contribution in [0, 0.1) is 6.92 Å². The third kappa shape index (κ3) is 3.40. The Labute approximate surface area is 122 Å². The van der Waals surface area contributed by atoms with Gasteiger partial charge in [0, 0.05) is 30.1 Å². The van der Waals surface area contributed by atoms with Crippen molar-refractivity contribution in [3.63, 3.8) is 0 Å². The number of aromatic nitrogens is 2. The van der Waals surface area contributed by atoms with Gasteiger partial charge in [-0.15, -0.1) is 0 Å². The maximum atomic E-state index is 6.05. The van der Waals surface area contributed by atoms with Crippen molar-refractivity contribution in [1.29, 1.82) is 0 Å². The standard InChI is InChI=1S/C13H16ClN3O3/c1-8-16-12(17-20-8)7-19-13-9(6-15-2)4-10(14)5-11(13)18-3/h4-5,15H,6-7H2,1-3H3. The second-order valence-corrected chi connectivity index (χ2v) is 4.58. The van der Waals surface area contributed by atoms with Crippen LogP contribution in [0.25, 0.3) is 0 Å². The number of methoxy groups -OCH3 is 1. The van der Waals surface area contributed by atoms with Gasteiger partial charge >= 0.3 is 0 Å². The summed E-state index contributed by atoms with van der Waals surface area (Å²) in [6.07, 6.45) is 0. The van der Waals surface area contributed by atoms with Crippen molar-refractivity contribution in [2.24, 2.45) is 0 Å². The normalized spacial score (nSPS) is 10.6. The summed E-state index contributed by atoms with van der Waals surface area (Å²) >= 11 is 6.05. The second-order valence-electron chi connectivity index (χ2n) is 4.14. The van der Waals surface area contributed by atoms with E-state index in [1.807, 2.05) is 13.1 Å². The molecule has 108 valence electrons. The molecule has 0 aliphatic heterocycles. The van der Waals surface area contributed by atoms with Crippen LogP contribution in [-0.4, -0.2) is 24.3 Å². The Morgan fingerprint density at radius 3 is 2.80 bits per heavy atom. The first kappa shape index (κ1) is 14.6. The van der Waals surface area contributed by atoms with Gasteiger partial charge < -0.3 is 19.3 Å². The molecule has 20 heavy (non-hydrogen) atoms. The summed E-state index contributed by atoms with van der Waals surface area (Å²) in [5.74, 6) is 2.17. The minimum atomic E-state index is 0.200. The molecule has 2 rings (SSSR count). The summed E-state index contributed by atoms with van der Waals surface area (Å²) in [5.41, 5.74) is 0.900. The van der Waals surface area contributed by atoms with E-state index in [4.69, 9.17) is 25.6 Å². The highest BCUT2D eigenvalue weighted by Gasteiger charge is 2.14. The van der Waals surface area contributed by atoms with Crippen molar-refractivity contribution in [3.05, 3.63) is 34.4 Å². The fraction of sp³-hybridized carbons (Fsp3) is 0.385. The van der Waals surface area contributed by atoms with Gasteiger partial charge in [-0.1, -0.05) is 16.8 Å². The van der Waals surface area contributed by atoms with Crippen LogP contribution >= 0.6 is 11.6 Å². The Balaban J connectivity index is 2.23. The SMILES string of the molecule is CNCc1cc(Cl)cc(OC)c1OCc1noc(C)n1. The molecule has 0 fully saturated rings. The summed E-state index contributed by atoms with van der Waals surface area (Å²) in [5, 5.41) is 7.44. The maximum Gasteiger partial charge on any atom is 0.223 e. The van der Waals surface area contributed by atoms with Crippen molar-refractivity contribution in [2.45, 2.75) is 20.1 Å². The maximum absolute atomic E-state index is 6.05. The average molecular weight is 298 g/mol. The largest absolute Gasteiger partial charge is 0.493 e. The Morgan fingerprint density at radius 2 is 2.20 bits per heavy atom. The van der Waals surface area contributed by atoms with E-state index in [9.17, 15) is 0 Å². The predicted molar refractivity (Wildman–Crippen MR) is 74.1 cm³/mol. The number of halogens is 1. The first-order valence-corrected chi connectivity index (χ1v) is 6.44. The number of nitrogens with one attached hydrogen (secondary N) is 1. The molecule has 0 bridgehead atoms.